The molecule has 1 amide bonds. The molecular weight excluding hydrogens is 256 g/mol. The molecule has 2 atom stereocenters. The number of aryl methyl sites for hydroxylation is 1. The number of carbonyl (C=O) groups is 1. The number of carbonyl (C=O) groups excluding carboxylic acids is 1. The Morgan fingerprint density at radius 1 is 1.40 bits per heavy atom. The van der Waals surface area contributed by atoms with Crippen LogP contribution in [0.2, 0.25) is 0 Å². The van der Waals surface area contributed by atoms with Gasteiger partial charge in [0.2, 0.25) is 6.29 Å². The monoisotopic (exact) mass is 274 g/mol. The fourth-order valence-electron chi connectivity index (χ4n) is 2.51. The predicted molar refractivity (Wildman–Crippen MR) is 74.5 cm³/mol. The number of hydrogen-bond acceptors (Lipinski definition) is 4. The van der Waals surface area contributed by atoms with Gasteiger partial charge < -0.3 is 14.9 Å². The lowest BCUT2D eigenvalue weighted by Crippen LogP contribution is -2.37. The van der Waals surface area contributed by atoms with E-state index in [4.69, 9.17) is 9.57 Å². The summed E-state index contributed by atoms with van der Waals surface area (Å²) in [5.74, 6) is 0.0925. The van der Waals surface area contributed by atoms with Gasteiger partial charge in [-0.15, -0.1) is 0 Å². The molecule has 0 spiro atoms. The molecule has 0 saturated carbocycles. The lowest BCUT2D eigenvalue weighted by molar-refractivity contribution is -0.162. The summed E-state index contributed by atoms with van der Waals surface area (Å²) in [7, 11) is 0. The fourth-order valence-corrected chi connectivity index (χ4v) is 2.51. The molecule has 2 unspecified atom stereocenters. The molecule has 3 rings (SSSR count). The maximum atomic E-state index is 12.0. The van der Waals surface area contributed by atoms with Gasteiger partial charge in [-0.05, 0) is 31.9 Å². The van der Waals surface area contributed by atoms with Crippen LogP contribution in [-0.4, -0.2) is 31.1 Å². The Bertz CT molecular complexity index is 524. The van der Waals surface area contributed by atoms with E-state index in [2.05, 4.69) is 10.5 Å². The highest BCUT2D eigenvalue weighted by molar-refractivity contribution is 5.98. The second kappa shape index (κ2) is 5.63. The molecule has 0 aromatic heterocycles. The number of rotatable bonds is 3. The summed E-state index contributed by atoms with van der Waals surface area (Å²) in [6.07, 6.45) is 1.76. The van der Waals surface area contributed by atoms with Crippen LogP contribution in [0.4, 0.5) is 0 Å². The molecule has 1 fully saturated rings. The molecule has 106 valence electrons. The Labute approximate surface area is 117 Å². The van der Waals surface area contributed by atoms with Crippen molar-refractivity contribution in [3.8, 4) is 0 Å². The van der Waals surface area contributed by atoms with Crippen molar-refractivity contribution >= 4 is 11.6 Å². The zero-order valence-corrected chi connectivity index (χ0v) is 11.5. The third-order valence-corrected chi connectivity index (χ3v) is 3.72. The third-order valence-electron chi connectivity index (χ3n) is 3.72. The molecule has 20 heavy (non-hydrogen) atoms. The summed E-state index contributed by atoms with van der Waals surface area (Å²) in [4.78, 5) is 17.3. The molecular formula is C15H18N2O3. The number of nitrogens with one attached hydrogen (secondary N) is 1. The van der Waals surface area contributed by atoms with E-state index >= 15 is 0 Å². The molecule has 2 heterocycles. The summed E-state index contributed by atoms with van der Waals surface area (Å²) in [5, 5.41) is 6.93. The molecule has 5 heteroatoms. The molecule has 1 saturated heterocycles. The highest BCUT2D eigenvalue weighted by Gasteiger charge is 2.36. The van der Waals surface area contributed by atoms with Crippen molar-refractivity contribution in [1.82, 2.24) is 5.32 Å². The first-order valence-electron chi connectivity index (χ1n) is 6.93. The van der Waals surface area contributed by atoms with Crippen LogP contribution >= 0.6 is 0 Å². The fraction of sp³-hybridized carbons (Fsp3) is 0.467. The van der Waals surface area contributed by atoms with Crippen LogP contribution in [0.5, 0.6) is 0 Å². The van der Waals surface area contributed by atoms with Crippen molar-refractivity contribution < 1.29 is 14.4 Å². The van der Waals surface area contributed by atoms with Gasteiger partial charge in [0, 0.05) is 5.56 Å². The molecule has 1 aromatic carbocycles. The van der Waals surface area contributed by atoms with Crippen LogP contribution in [0.1, 0.15) is 28.8 Å². The smallest absolute Gasteiger partial charge is 0.251 e. The van der Waals surface area contributed by atoms with Crippen LogP contribution < -0.4 is 5.32 Å². The van der Waals surface area contributed by atoms with E-state index in [-0.39, 0.29) is 18.1 Å². The Balaban J connectivity index is 1.57. The standard InChI is InChI=1S/C15H18N2O3/c1-10-4-6-11(7-5-10)14(18)16-9-13-12-3-2-8-19-15(12)20-17-13/h4-7,12,15H,2-3,8-9H2,1H3,(H,16,18). The maximum Gasteiger partial charge on any atom is 0.251 e. The topological polar surface area (TPSA) is 59.9 Å². The van der Waals surface area contributed by atoms with E-state index < -0.39 is 0 Å². The zero-order valence-electron chi connectivity index (χ0n) is 11.5. The van der Waals surface area contributed by atoms with Gasteiger partial charge in [-0.2, -0.15) is 0 Å². The van der Waals surface area contributed by atoms with Gasteiger partial charge >= 0.3 is 0 Å². The van der Waals surface area contributed by atoms with Gasteiger partial charge in [0.25, 0.3) is 5.91 Å². The maximum absolute atomic E-state index is 12.0. The number of amides is 1. The van der Waals surface area contributed by atoms with Gasteiger partial charge in [-0.1, -0.05) is 22.9 Å². The number of oxime groups is 1. The zero-order chi connectivity index (χ0) is 13.9. The van der Waals surface area contributed by atoms with Gasteiger partial charge in [-0.3, -0.25) is 4.79 Å². The highest BCUT2D eigenvalue weighted by Crippen LogP contribution is 2.28. The van der Waals surface area contributed by atoms with Crippen molar-refractivity contribution in [3.63, 3.8) is 0 Å². The number of benzene rings is 1. The number of fused-ring (bicyclic) bond motifs is 1. The minimum absolute atomic E-state index is 0.0899. The Hall–Kier alpha value is -1.88. The number of hydrogen-bond donors (Lipinski definition) is 1. The molecule has 0 bridgehead atoms. The van der Waals surface area contributed by atoms with Gasteiger partial charge in [0.05, 0.1) is 24.8 Å². The highest BCUT2D eigenvalue weighted by atomic mass is 16.8. The molecule has 0 radical (unpaired) electrons. The van der Waals surface area contributed by atoms with Crippen LogP contribution in [0.25, 0.3) is 0 Å². The van der Waals surface area contributed by atoms with Gasteiger partial charge in [0.1, 0.15) is 0 Å². The molecule has 2 aliphatic rings. The van der Waals surface area contributed by atoms with Crippen LogP contribution in [0, 0.1) is 12.8 Å². The van der Waals surface area contributed by atoms with E-state index in [9.17, 15) is 4.79 Å². The average molecular weight is 274 g/mol. The minimum Gasteiger partial charge on any atom is -0.363 e. The Kier molecular flexibility index (Phi) is 3.69. The van der Waals surface area contributed by atoms with Crippen molar-refractivity contribution in [2.75, 3.05) is 13.2 Å². The number of nitrogens with zero attached hydrogens (tertiary/aromatic N) is 1. The quantitative estimate of drug-likeness (QED) is 0.915. The first-order chi connectivity index (χ1) is 9.74. The average Bonchev–Trinajstić information content (AvgIpc) is 2.89. The van der Waals surface area contributed by atoms with E-state index in [1.807, 2.05) is 31.2 Å². The number of ether oxygens (including phenoxy) is 1. The van der Waals surface area contributed by atoms with Crippen LogP contribution in [0.15, 0.2) is 29.4 Å². The summed E-state index contributed by atoms with van der Waals surface area (Å²) in [6.45, 7) is 3.13. The molecule has 5 nitrogen and oxygen atoms in total. The first kappa shape index (κ1) is 13.1. The summed E-state index contributed by atoms with van der Waals surface area (Å²) < 4.78 is 5.49. The Morgan fingerprint density at radius 2 is 2.20 bits per heavy atom. The minimum atomic E-state index is -0.255. The van der Waals surface area contributed by atoms with E-state index in [0.717, 1.165) is 30.7 Å². The Morgan fingerprint density at radius 3 is 3.00 bits per heavy atom. The second-order valence-corrected chi connectivity index (χ2v) is 5.22. The summed E-state index contributed by atoms with van der Waals surface area (Å²) >= 11 is 0. The van der Waals surface area contributed by atoms with E-state index in [1.54, 1.807) is 0 Å². The van der Waals surface area contributed by atoms with E-state index in [1.165, 1.54) is 0 Å². The van der Waals surface area contributed by atoms with Crippen molar-refractivity contribution in [2.45, 2.75) is 26.1 Å². The van der Waals surface area contributed by atoms with Crippen LogP contribution in [0.3, 0.4) is 0 Å². The first-order valence-corrected chi connectivity index (χ1v) is 6.93. The molecule has 2 aliphatic heterocycles. The second-order valence-electron chi connectivity index (χ2n) is 5.22. The third kappa shape index (κ3) is 2.67. The predicted octanol–water partition coefficient (Wildman–Crippen LogP) is 1.86. The van der Waals surface area contributed by atoms with Gasteiger partial charge in [0.15, 0.2) is 0 Å². The van der Waals surface area contributed by atoms with Gasteiger partial charge in [-0.25, -0.2) is 0 Å². The van der Waals surface area contributed by atoms with Crippen LogP contribution in [-0.2, 0) is 9.57 Å². The van der Waals surface area contributed by atoms with Crippen molar-refractivity contribution in [2.24, 2.45) is 11.1 Å². The normalized spacial score (nSPS) is 24.6. The van der Waals surface area contributed by atoms with E-state index in [0.29, 0.717) is 12.1 Å². The molecule has 0 aliphatic carbocycles. The van der Waals surface area contributed by atoms with Crippen molar-refractivity contribution in [3.05, 3.63) is 35.4 Å². The SMILES string of the molecule is Cc1ccc(C(=O)NCC2=NOC3OCCCC23)cc1. The molecule has 1 N–H and O–H groups in total. The largest absolute Gasteiger partial charge is 0.363 e. The summed E-state index contributed by atoms with van der Waals surface area (Å²) in [6, 6.07) is 7.50. The van der Waals surface area contributed by atoms with Crippen molar-refractivity contribution in [1.29, 1.82) is 0 Å². The molecule has 1 aromatic rings. The lowest BCUT2D eigenvalue weighted by Gasteiger charge is -2.23. The summed E-state index contributed by atoms with van der Waals surface area (Å²) in [5.41, 5.74) is 2.67. The lowest BCUT2D eigenvalue weighted by atomic mass is 9.95.